The fraction of sp³-hybridized carbons (Fsp3) is 0.591. The molecule has 1 aliphatic rings. The third kappa shape index (κ3) is 5.72. The fourth-order valence-corrected chi connectivity index (χ4v) is 3.60. The van der Waals surface area contributed by atoms with Gasteiger partial charge in [-0.3, -0.25) is 4.99 Å². The number of aliphatic imine (C=N–C) groups is 1. The molecule has 2 aromatic rings. The molecule has 8 heteroatoms. The maximum Gasteiger partial charge on any atom is 0.191 e. The number of ether oxygens (including phenoxy) is 2. The predicted molar refractivity (Wildman–Crippen MR) is 118 cm³/mol. The average molecular weight is 415 g/mol. The largest absolute Gasteiger partial charge is 0.491 e. The molecule has 0 saturated heterocycles. The Morgan fingerprint density at radius 3 is 2.83 bits per heavy atom. The highest BCUT2D eigenvalue weighted by molar-refractivity contribution is 5.79. The van der Waals surface area contributed by atoms with Gasteiger partial charge in [0, 0.05) is 26.6 Å². The molecular formula is C22H34N6O2. The minimum Gasteiger partial charge on any atom is -0.491 e. The minimum absolute atomic E-state index is 0.0475. The lowest BCUT2D eigenvalue weighted by Crippen LogP contribution is -2.47. The number of nitrogens with one attached hydrogen (secondary N) is 2. The van der Waals surface area contributed by atoms with Crippen molar-refractivity contribution in [2.75, 3.05) is 27.3 Å². The van der Waals surface area contributed by atoms with Crippen molar-refractivity contribution in [1.82, 2.24) is 25.4 Å². The molecule has 1 aromatic heterocycles. The van der Waals surface area contributed by atoms with E-state index in [1.807, 2.05) is 16.8 Å². The monoisotopic (exact) mass is 414 g/mol. The zero-order chi connectivity index (χ0) is 21.6. The van der Waals surface area contributed by atoms with Gasteiger partial charge in [-0.2, -0.15) is 5.10 Å². The van der Waals surface area contributed by atoms with E-state index in [0.29, 0.717) is 19.8 Å². The summed E-state index contributed by atoms with van der Waals surface area (Å²) >= 11 is 0. The molecule has 1 aliphatic heterocycles. The number of aryl methyl sites for hydroxylation is 1. The Morgan fingerprint density at radius 1 is 1.30 bits per heavy atom. The molecule has 1 unspecified atom stereocenters. The second kappa shape index (κ2) is 9.93. The van der Waals surface area contributed by atoms with Crippen LogP contribution < -0.4 is 15.4 Å². The van der Waals surface area contributed by atoms with E-state index in [4.69, 9.17) is 9.47 Å². The highest BCUT2D eigenvalue weighted by atomic mass is 16.5. The van der Waals surface area contributed by atoms with Crippen molar-refractivity contribution in [2.24, 2.45) is 4.99 Å². The molecule has 1 aromatic carbocycles. The van der Waals surface area contributed by atoms with Crippen LogP contribution in [0.5, 0.6) is 5.75 Å². The predicted octanol–water partition coefficient (Wildman–Crippen LogP) is 2.28. The lowest BCUT2D eigenvalue weighted by molar-refractivity contribution is 0.177. The van der Waals surface area contributed by atoms with Gasteiger partial charge in [-0.05, 0) is 23.5 Å². The molecule has 8 nitrogen and oxygen atoms in total. The number of methoxy groups -OCH3 is 1. The van der Waals surface area contributed by atoms with Gasteiger partial charge in [0.15, 0.2) is 11.8 Å². The molecule has 30 heavy (non-hydrogen) atoms. The van der Waals surface area contributed by atoms with Crippen LogP contribution in [0.2, 0.25) is 0 Å². The summed E-state index contributed by atoms with van der Waals surface area (Å²) in [5.74, 6) is 3.47. The Labute approximate surface area is 179 Å². The maximum absolute atomic E-state index is 6.04. The van der Waals surface area contributed by atoms with E-state index >= 15 is 0 Å². The lowest BCUT2D eigenvalue weighted by Gasteiger charge is -2.25. The molecule has 0 bridgehead atoms. The van der Waals surface area contributed by atoms with Gasteiger partial charge >= 0.3 is 0 Å². The number of guanidine groups is 1. The Balaban J connectivity index is 1.47. The summed E-state index contributed by atoms with van der Waals surface area (Å²) in [4.78, 5) is 8.87. The summed E-state index contributed by atoms with van der Waals surface area (Å²) in [5.41, 5.74) is 1.26. The molecule has 2 heterocycles. The number of aromatic nitrogens is 3. The van der Waals surface area contributed by atoms with Gasteiger partial charge in [0.2, 0.25) is 0 Å². The first-order valence-electron chi connectivity index (χ1n) is 10.5. The Hall–Kier alpha value is -2.61. The number of hydrogen-bond donors (Lipinski definition) is 2. The Bertz CT molecular complexity index is 856. The first-order valence-corrected chi connectivity index (χ1v) is 10.5. The van der Waals surface area contributed by atoms with Crippen LogP contribution in [0.3, 0.4) is 0 Å². The van der Waals surface area contributed by atoms with E-state index in [2.05, 4.69) is 58.6 Å². The molecule has 0 aliphatic carbocycles. The highest BCUT2D eigenvalue weighted by Gasteiger charge is 2.22. The van der Waals surface area contributed by atoms with Crippen molar-refractivity contribution >= 4 is 5.96 Å². The zero-order valence-corrected chi connectivity index (χ0v) is 18.7. The molecule has 164 valence electrons. The highest BCUT2D eigenvalue weighted by Crippen LogP contribution is 2.30. The van der Waals surface area contributed by atoms with Gasteiger partial charge < -0.3 is 20.1 Å². The van der Waals surface area contributed by atoms with Crippen LogP contribution in [-0.4, -0.2) is 54.1 Å². The fourth-order valence-electron chi connectivity index (χ4n) is 3.60. The molecule has 0 saturated carbocycles. The van der Waals surface area contributed by atoms with Crippen LogP contribution >= 0.6 is 0 Å². The lowest BCUT2D eigenvalue weighted by atomic mass is 9.86. The second-order valence-corrected chi connectivity index (χ2v) is 8.53. The van der Waals surface area contributed by atoms with Crippen LogP contribution in [0.4, 0.5) is 0 Å². The van der Waals surface area contributed by atoms with E-state index in [0.717, 1.165) is 42.7 Å². The summed E-state index contributed by atoms with van der Waals surface area (Å²) < 4.78 is 13.1. The SMILES string of the molecule is CN=C(NCCOc1ccccc1C(C)(C)C)NC1CCc2nc(COC)nn2C1. The number of hydrogen-bond acceptors (Lipinski definition) is 5. The average Bonchev–Trinajstić information content (AvgIpc) is 3.11. The molecule has 2 N–H and O–H groups in total. The summed E-state index contributed by atoms with van der Waals surface area (Å²) in [6, 6.07) is 8.48. The van der Waals surface area contributed by atoms with E-state index in [9.17, 15) is 0 Å². The summed E-state index contributed by atoms with van der Waals surface area (Å²) in [5, 5.41) is 11.3. The van der Waals surface area contributed by atoms with Crippen molar-refractivity contribution in [1.29, 1.82) is 0 Å². The number of para-hydroxylation sites is 1. The van der Waals surface area contributed by atoms with Crippen LogP contribution in [0.25, 0.3) is 0 Å². The van der Waals surface area contributed by atoms with E-state index in [-0.39, 0.29) is 11.5 Å². The summed E-state index contributed by atoms with van der Waals surface area (Å²) in [6.07, 6.45) is 1.87. The molecular weight excluding hydrogens is 380 g/mol. The third-order valence-electron chi connectivity index (χ3n) is 5.09. The van der Waals surface area contributed by atoms with Crippen molar-refractivity contribution in [3.05, 3.63) is 41.5 Å². The summed E-state index contributed by atoms with van der Waals surface area (Å²) in [7, 11) is 3.44. The van der Waals surface area contributed by atoms with Crippen LogP contribution in [0.1, 0.15) is 44.4 Å². The first-order chi connectivity index (χ1) is 14.4. The Morgan fingerprint density at radius 2 is 2.10 bits per heavy atom. The second-order valence-electron chi connectivity index (χ2n) is 8.53. The molecule has 0 radical (unpaired) electrons. The topological polar surface area (TPSA) is 85.6 Å². The van der Waals surface area contributed by atoms with Crippen molar-refractivity contribution < 1.29 is 9.47 Å². The Kier molecular flexibility index (Phi) is 7.31. The van der Waals surface area contributed by atoms with E-state index < -0.39 is 0 Å². The van der Waals surface area contributed by atoms with Gasteiger partial charge in [-0.25, -0.2) is 9.67 Å². The third-order valence-corrected chi connectivity index (χ3v) is 5.09. The molecule has 0 fully saturated rings. The van der Waals surface area contributed by atoms with Gasteiger partial charge in [0.1, 0.15) is 24.8 Å². The normalized spacial score (nSPS) is 16.8. The smallest absolute Gasteiger partial charge is 0.191 e. The van der Waals surface area contributed by atoms with Crippen molar-refractivity contribution in [2.45, 2.75) is 58.2 Å². The first kappa shape index (κ1) is 22.1. The van der Waals surface area contributed by atoms with E-state index in [1.54, 1.807) is 14.2 Å². The number of rotatable bonds is 7. The quantitative estimate of drug-likeness (QED) is 0.411. The zero-order valence-electron chi connectivity index (χ0n) is 18.7. The number of nitrogens with zero attached hydrogens (tertiary/aromatic N) is 4. The standard InChI is InChI=1S/C22H34N6O2/c1-22(2,3)17-8-6-7-9-18(17)30-13-12-24-21(23-4)25-16-10-11-20-26-19(15-29-5)27-28(20)14-16/h6-9,16H,10-15H2,1-5H3,(H2,23,24,25). The van der Waals surface area contributed by atoms with E-state index in [1.165, 1.54) is 5.56 Å². The molecule has 3 rings (SSSR count). The molecule has 0 amide bonds. The van der Waals surface area contributed by atoms with Gasteiger partial charge in [-0.15, -0.1) is 0 Å². The maximum atomic E-state index is 6.04. The van der Waals surface area contributed by atoms with Crippen LogP contribution in [-0.2, 0) is 29.7 Å². The molecule has 0 spiro atoms. The van der Waals surface area contributed by atoms with Gasteiger partial charge in [0.05, 0.1) is 13.1 Å². The van der Waals surface area contributed by atoms with Crippen LogP contribution in [0.15, 0.2) is 29.3 Å². The van der Waals surface area contributed by atoms with Crippen molar-refractivity contribution in [3.63, 3.8) is 0 Å². The molecule has 1 atom stereocenters. The minimum atomic E-state index is 0.0475. The van der Waals surface area contributed by atoms with Gasteiger partial charge in [-0.1, -0.05) is 39.0 Å². The van der Waals surface area contributed by atoms with Gasteiger partial charge in [0.25, 0.3) is 0 Å². The van der Waals surface area contributed by atoms with Crippen molar-refractivity contribution in [3.8, 4) is 5.75 Å². The summed E-state index contributed by atoms with van der Waals surface area (Å²) in [6.45, 7) is 9.03. The number of benzene rings is 1. The van der Waals surface area contributed by atoms with Crippen LogP contribution in [0, 0.1) is 0 Å². The number of fused-ring (bicyclic) bond motifs is 1.